The lowest BCUT2D eigenvalue weighted by molar-refractivity contribution is -0.929. The summed E-state index contributed by atoms with van der Waals surface area (Å²) in [6.45, 7) is 20.0. The number of quaternary nitrogens is 1. The molecule has 2 aromatic rings. The molecular weight excluding hydrogens is 777 g/mol. The van der Waals surface area contributed by atoms with E-state index >= 15 is 0 Å². The van der Waals surface area contributed by atoms with Crippen LogP contribution < -0.4 is 14.5 Å². The molecule has 0 fully saturated rings. The third-order valence-corrected chi connectivity index (χ3v) is 13.1. The summed E-state index contributed by atoms with van der Waals surface area (Å²) >= 11 is 0. The molecular formula is C56H102BNO5. The van der Waals surface area contributed by atoms with Crippen LogP contribution in [0.3, 0.4) is 0 Å². The number of hydrogen-bond donors (Lipinski definition) is 0. The van der Waals surface area contributed by atoms with Crippen molar-refractivity contribution < 1.29 is 28.3 Å². The number of benzene rings is 2. The van der Waals surface area contributed by atoms with Crippen molar-refractivity contribution >= 4 is 7.32 Å². The highest BCUT2D eigenvalue weighted by Gasteiger charge is 2.24. The van der Waals surface area contributed by atoms with E-state index in [-0.39, 0.29) is 13.2 Å². The van der Waals surface area contributed by atoms with Crippen molar-refractivity contribution in [1.29, 1.82) is 0 Å². The summed E-state index contributed by atoms with van der Waals surface area (Å²) < 4.78 is 23.7. The minimum atomic E-state index is -1.54. The molecule has 0 amide bonds. The van der Waals surface area contributed by atoms with E-state index in [0.717, 1.165) is 48.3 Å². The number of aryl methyl sites for hydroxylation is 2. The predicted molar refractivity (Wildman–Crippen MR) is 272 cm³/mol. The molecule has 0 aliphatic heterocycles. The van der Waals surface area contributed by atoms with E-state index in [9.17, 15) is 5.02 Å². The smallest absolute Gasteiger partial charge is 0.345 e. The zero-order valence-corrected chi connectivity index (χ0v) is 43.0. The first kappa shape index (κ1) is 59.0. The second kappa shape index (κ2) is 41.4. The Morgan fingerprint density at radius 3 is 0.952 bits per heavy atom. The Morgan fingerprint density at radius 2 is 0.667 bits per heavy atom. The molecule has 0 unspecified atom stereocenters. The number of unbranched alkanes of at least 4 members (excludes halogenated alkanes) is 22. The molecule has 7 heteroatoms. The van der Waals surface area contributed by atoms with E-state index < -0.39 is 7.32 Å². The minimum Gasteiger partial charge on any atom is -0.832 e. The SMILES string of the molecule is CCCCCCCCCCCCc1cc(OC)ccc1COB([O-])OCc1ccc(OC)cc1CCCCCCCCCCCC.CCCC[N+](CCCC)(CCCC)CCCC. The Balaban J connectivity index is 0.000000980. The van der Waals surface area contributed by atoms with Crippen molar-refractivity contribution in [2.45, 2.75) is 247 Å². The highest BCUT2D eigenvalue weighted by molar-refractivity contribution is 6.32. The number of hydrogen-bond acceptors (Lipinski definition) is 5. The highest BCUT2D eigenvalue weighted by Crippen LogP contribution is 2.24. The second-order valence-corrected chi connectivity index (χ2v) is 18.7. The average Bonchev–Trinajstić information content (AvgIpc) is 3.31. The predicted octanol–water partition coefficient (Wildman–Crippen LogP) is 15.7. The van der Waals surface area contributed by atoms with Gasteiger partial charge in [0.1, 0.15) is 11.5 Å². The number of rotatable bonds is 42. The first-order valence-electron chi connectivity index (χ1n) is 26.9. The first-order chi connectivity index (χ1) is 30.8. The van der Waals surface area contributed by atoms with Gasteiger partial charge in [-0.3, -0.25) is 0 Å². The average molecular weight is 880 g/mol. The molecule has 0 heterocycles. The molecule has 0 aliphatic rings. The van der Waals surface area contributed by atoms with E-state index in [1.165, 1.54) is 209 Å². The quantitative estimate of drug-likeness (QED) is 0.0378. The first-order valence-corrected chi connectivity index (χ1v) is 26.9. The van der Waals surface area contributed by atoms with Crippen LogP contribution in [-0.4, -0.2) is 52.2 Å². The third kappa shape index (κ3) is 30.0. The van der Waals surface area contributed by atoms with Gasteiger partial charge in [-0.1, -0.05) is 195 Å². The van der Waals surface area contributed by atoms with E-state index in [0.29, 0.717) is 0 Å². The molecule has 63 heavy (non-hydrogen) atoms. The summed E-state index contributed by atoms with van der Waals surface area (Å²) in [5.74, 6) is 1.69. The zero-order valence-electron chi connectivity index (χ0n) is 43.0. The molecule has 0 aliphatic carbocycles. The number of ether oxygens (including phenoxy) is 2. The minimum absolute atomic E-state index is 0.235. The van der Waals surface area contributed by atoms with Crippen LogP contribution in [0.25, 0.3) is 0 Å². The molecule has 2 rings (SSSR count). The van der Waals surface area contributed by atoms with Gasteiger partial charge in [-0.25, -0.2) is 0 Å². The summed E-state index contributed by atoms with van der Waals surface area (Å²) in [5.41, 5.74) is 4.46. The fourth-order valence-corrected chi connectivity index (χ4v) is 8.82. The van der Waals surface area contributed by atoms with Crippen LogP contribution in [-0.2, 0) is 35.4 Å². The van der Waals surface area contributed by atoms with Crippen LogP contribution in [0, 0.1) is 0 Å². The summed E-state index contributed by atoms with van der Waals surface area (Å²) in [5, 5.41) is 12.7. The normalized spacial score (nSPS) is 11.4. The molecule has 364 valence electrons. The van der Waals surface area contributed by atoms with Gasteiger partial charge in [0.15, 0.2) is 0 Å². The zero-order chi connectivity index (χ0) is 46.1. The van der Waals surface area contributed by atoms with Crippen LogP contribution in [0.5, 0.6) is 11.5 Å². The van der Waals surface area contributed by atoms with Gasteiger partial charge < -0.3 is 28.3 Å². The molecule has 0 spiro atoms. The highest BCUT2D eigenvalue weighted by atomic mass is 16.7. The van der Waals surface area contributed by atoms with Crippen LogP contribution in [0.15, 0.2) is 36.4 Å². The Hall–Kier alpha value is -2.06. The molecule has 0 radical (unpaired) electrons. The van der Waals surface area contributed by atoms with Crippen LogP contribution in [0.1, 0.15) is 244 Å². The molecule has 0 aromatic heterocycles. The Kier molecular flexibility index (Phi) is 38.7. The fraction of sp³-hybridized carbons (Fsp3) is 0.786. The van der Waals surface area contributed by atoms with E-state index in [1.54, 1.807) is 14.2 Å². The summed E-state index contributed by atoms with van der Waals surface area (Å²) in [7, 11) is 1.85. The molecule has 2 aromatic carbocycles. The molecule has 0 bridgehead atoms. The number of methoxy groups -OCH3 is 2. The van der Waals surface area contributed by atoms with Gasteiger partial charge in [0, 0.05) is 0 Å². The van der Waals surface area contributed by atoms with Gasteiger partial charge in [-0.2, -0.15) is 0 Å². The van der Waals surface area contributed by atoms with Crippen LogP contribution in [0.2, 0.25) is 0 Å². The monoisotopic (exact) mass is 880 g/mol. The van der Waals surface area contributed by atoms with Crippen LogP contribution in [0.4, 0.5) is 0 Å². The Bertz CT molecular complexity index is 1190. The summed E-state index contributed by atoms with van der Waals surface area (Å²) in [6.07, 6.45) is 39.2. The second-order valence-electron chi connectivity index (χ2n) is 18.7. The van der Waals surface area contributed by atoms with Crippen molar-refractivity contribution in [3.05, 3.63) is 58.7 Å². The maximum absolute atomic E-state index is 12.7. The van der Waals surface area contributed by atoms with Crippen molar-refractivity contribution in [1.82, 2.24) is 0 Å². The largest absolute Gasteiger partial charge is 0.832 e. The summed E-state index contributed by atoms with van der Waals surface area (Å²) in [6, 6.07) is 12.1. The molecule has 0 saturated carbocycles. The van der Waals surface area contributed by atoms with Gasteiger partial charge in [0.25, 0.3) is 0 Å². The lowest BCUT2D eigenvalue weighted by atomic mass is 9.99. The van der Waals surface area contributed by atoms with Gasteiger partial charge in [-0.15, -0.1) is 0 Å². The maximum Gasteiger partial charge on any atom is 0.345 e. The van der Waals surface area contributed by atoms with E-state index in [2.05, 4.69) is 53.7 Å². The topological polar surface area (TPSA) is 60.0 Å². The number of nitrogens with zero attached hydrogens (tertiary/aromatic N) is 1. The standard InChI is InChI=1S/C40H66BO5.C16H36N/c1-5-7-9-11-13-15-17-19-21-23-25-35-31-39(43-3)29-27-37(35)33-45-41(42)46-34-38-28-30-40(44-4)32-36(38)26-24-22-20-18-16-14-12-10-8-6-2;1-5-9-13-17(14-10-6-2,15-11-7-3)16-12-8-4/h27-32H,5-26,33-34H2,1-4H3;5-16H2,1-4H3/q-1;+1. The van der Waals surface area contributed by atoms with Crippen molar-refractivity contribution in [3.8, 4) is 11.5 Å². The van der Waals surface area contributed by atoms with Gasteiger partial charge in [0.05, 0.1) is 53.6 Å². The van der Waals surface area contributed by atoms with Gasteiger partial charge in [0.2, 0.25) is 0 Å². The Labute approximate surface area is 392 Å². The summed E-state index contributed by atoms with van der Waals surface area (Å²) in [4.78, 5) is 0. The molecule has 0 N–H and O–H groups in total. The fourth-order valence-electron chi connectivity index (χ4n) is 8.82. The molecule has 0 atom stereocenters. The van der Waals surface area contributed by atoms with E-state index in [4.69, 9.17) is 18.8 Å². The van der Waals surface area contributed by atoms with Gasteiger partial charge in [-0.05, 0) is 97.9 Å². The maximum atomic E-state index is 12.7. The Morgan fingerprint density at radius 1 is 0.381 bits per heavy atom. The van der Waals surface area contributed by atoms with Crippen LogP contribution >= 0.6 is 0 Å². The van der Waals surface area contributed by atoms with Crippen molar-refractivity contribution in [3.63, 3.8) is 0 Å². The van der Waals surface area contributed by atoms with Gasteiger partial charge >= 0.3 is 7.32 Å². The molecule has 0 saturated heterocycles. The van der Waals surface area contributed by atoms with Crippen molar-refractivity contribution in [2.24, 2.45) is 0 Å². The van der Waals surface area contributed by atoms with E-state index in [1.807, 2.05) is 24.3 Å². The van der Waals surface area contributed by atoms with Crippen molar-refractivity contribution in [2.75, 3.05) is 40.4 Å². The lowest BCUT2D eigenvalue weighted by Crippen LogP contribution is -2.50. The molecule has 6 nitrogen and oxygen atoms in total. The third-order valence-electron chi connectivity index (χ3n) is 13.1. The lowest BCUT2D eigenvalue weighted by Gasteiger charge is -2.39.